The fraction of sp³-hybridized carbons (Fsp3) is 0.583. The molecule has 1 heterocycles. The molecule has 0 bridgehead atoms. The Morgan fingerprint density at radius 1 is 1.37 bits per heavy atom. The molecule has 106 valence electrons. The molecule has 2 N–H and O–H groups in total. The molecule has 0 fully saturated rings. The number of aromatic nitrogens is 2. The van der Waals surface area contributed by atoms with Gasteiger partial charge in [0.1, 0.15) is 0 Å². The highest BCUT2D eigenvalue weighted by Crippen LogP contribution is 2.22. The molecule has 0 aliphatic rings. The van der Waals surface area contributed by atoms with Gasteiger partial charge in [-0.25, -0.2) is 0 Å². The molecule has 0 aliphatic carbocycles. The minimum atomic E-state index is -0.919. The average Bonchev–Trinajstić information content (AvgIpc) is 2.56. The van der Waals surface area contributed by atoms with Gasteiger partial charge in [0, 0.05) is 6.04 Å². The number of amides is 1. The molecule has 19 heavy (non-hydrogen) atoms. The number of anilines is 1. The summed E-state index contributed by atoms with van der Waals surface area (Å²) in [6.45, 7) is 7.79. The van der Waals surface area contributed by atoms with E-state index in [9.17, 15) is 9.59 Å². The molecule has 0 saturated carbocycles. The van der Waals surface area contributed by atoms with Gasteiger partial charge in [-0.2, -0.15) is 5.10 Å². The number of aliphatic carboxylic acids is 1. The van der Waals surface area contributed by atoms with Crippen molar-refractivity contribution >= 4 is 29.3 Å². The number of thioether (sulfide) groups is 1. The van der Waals surface area contributed by atoms with Crippen molar-refractivity contribution in [2.75, 3.05) is 16.8 Å². The fourth-order valence-corrected chi connectivity index (χ4v) is 2.29. The highest BCUT2D eigenvalue weighted by Gasteiger charge is 2.15. The molecule has 0 spiro atoms. The third-order valence-electron chi connectivity index (χ3n) is 2.54. The van der Waals surface area contributed by atoms with Gasteiger partial charge in [0.15, 0.2) is 0 Å². The third kappa shape index (κ3) is 4.27. The summed E-state index contributed by atoms with van der Waals surface area (Å²) in [5, 5.41) is 15.7. The summed E-state index contributed by atoms with van der Waals surface area (Å²) in [6, 6.07) is 0.228. The lowest BCUT2D eigenvalue weighted by Gasteiger charge is -2.09. The molecule has 1 aromatic heterocycles. The van der Waals surface area contributed by atoms with Crippen LogP contribution in [-0.2, 0) is 9.59 Å². The van der Waals surface area contributed by atoms with Crippen molar-refractivity contribution in [3.05, 3.63) is 11.4 Å². The predicted octanol–water partition coefficient (Wildman–Crippen LogP) is 1.84. The van der Waals surface area contributed by atoms with Gasteiger partial charge >= 0.3 is 5.97 Å². The summed E-state index contributed by atoms with van der Waals surface area (Å²) < 4.78 is 1.86. The van der Waals surface area contributed by atoms with E-state index in [1.807, 2.05) is 32.4 Å². The van der Waals surface area contributed by atoms with Gasteiger partial charge in [0.25, 0.3) is 0 Å². The monoisotopic (exact) mass is 285 g/mol. The van der Waals surface area contributed by atoms with Gasteiger partial charge in [0.2, 0.25) is 5.91 Å². The number of hydrogen-bond donors (Lipinski definition) is 2. The largest absolute Gasteiger partial charge is 0.481 e. The van der Waals surface area contributed by atoms with Gasteiger partial charge < -0.3 is 10.4 Å². The van der Waals surface area contributed by atoms with Crippen LogP contribution in [0.15, 0.2) is 0 Å². The Kier molecular flexibility index (Phi) is 5.41. The van der Waals surface area contributed by atoms with Gasteiger partial charge in [-0.3, -0.25) is 14.3 Å². The minimum absolute atomic E-state index is 0.0728. The van der Waals surface area contributed by atoms with E-state index >= 15 is 0 Å². The summed E-state index contributed by atoms with van der Waals surface area (Å²) in [5.41, 5.74) is 2.39. The van der Waals surface area contributed by atoms with E-state index in [1.54, 1.807) is 0 Å². The molecule has 1 rings (SSSR count). The number of carboxylic acids is 1. The molecular formula is C12H19N3O3S. The number of nitrogens with zero attached hydrogens (tertiary/aromatic N) is 2. The molecule has 0 aromatic carbocycles. The summed E-state index contributed by atoms with van der Waals surface area (Å²) in [7, 11) is 0. The molecule has 0 aliphatic heterocycles. The van der Waals surface area contributed by atoms with Crippen LogP contribution in [0, 0.1) is 13.8 Å². The standard InChI is InChI=1S/C12H19N3O3S/c1-7(2)15-9(4)12(8(3)14-15)13-10(16)5-19-6-11(17)18/h7H,5-6H2,1-4H3,(H,13,16)(H,17,18). The molecule has 0 unspecified atom stereocenters. The van der Waals surface area contributed by atoms with Gasteiger partial charge in [0.05, 0.1) is 28.6 Å². The normalized spacial score (nSPS) is 10.8. The fourth-order valence-electron chi connectivity index (χ4n) is 1.75. The predicted molar refractivity (Wildman–Crippen MR) is 75.7 cm³/mol. The summed E-state index contributed by atoms with van der Waals surface area (Å²) >= 11 is 1.07. The zero-order valence-corrected chi connectivity index (χ0v) is 12.4. The Hall–Kier alpha value is -1.50. The van der Waals surface area contributed by atoms with Crippen molar-refractivity contribution in [1.82, 2.24) is 9.78 Å². The van der Waals surface area contributed by atoms with Crippen molar-refractivity contribution in [3.63, 3.8) is 0 Å². The lowest BCUT2D eigenvalue weighted by atomic mass is 10.3. The van der Waals surface area contributed by atoms with Crippen LogP contribution in [0.4, 0.5) is 5.69 Å². The zero-order chi connectivity index (χ0) is 14.6. The molecule has 1 amide bonds. The summed E-state index contributed by atoms with van der Waals surface area (Å²) in [6.07, 6.45) is 0. The minimum Gasteiger partial charge on any atom is -0.481 e. The van der Waals surface area contributed by atoms with Crippen LogP contribution < -0.4 is 5.32 Å². The Balaban J connectivity index is 2.67. The molecular weight excluding hydrogens is 266 g/mol. The van der Waals surface area contributed by atoms with Crippen LogP contribution in [0.3, 0.4) is 0 Å². The number of rotatable bonds is 6. The van der Waals surface area contributed by atoms with Gasteiger partial charge in [-0.1, -0.05) is 0 Å². The van der Waals surface area contributed by atoms with E-state index in [0.717, 1.165) is 28.8 Å². The Morgan fingerprint density at radius 2 is 2.00 bits per heavy atom. The zero-order valence-electron chi connectivity index (χ0n) is 11.6. The third-order valence-corrected chi connectivity index (χ3v) is 3.45. The first kappa shape index (κ1) is 15.6. The van der Waals surface area contributed by atoms with E-state index in [2.05, 4.69) is 10.4 Å². The van der Waals surface area contributed by atoms with E-state index < -0.39 is 5.97 Å². The van der Waals surface area contributed by atoms with Gasteiger partial charge in [-0.15, -0.1) is 11.8 Å². The van der Waals surface area contributed by atoms with E-state index in [1.165, 1.54) is 0 Å². The number of carbonyl (C=O) groups excluding carboxylic acids is 1. The second-order valence-electron chi connectivity index (χ2n) is 4.52. The second kappa shape index (κ2) is 6.60. The Morgan fingerprint density at radius 3 is 2.47 bits per heavy atom. The topological polar surface area (TPSA) is 84.2 Å². The first-order chi connectivity index (χ1) is 8.82. The van der Waals surface area contributed by atoms with Crippen LogP contribution in [-0.4, -0.2) is 38.3 Å². The Labute approximate surface area is 116 Å². The van der Waals surface area contributed by atoms with E-state index in [0.29, 0.717) is 0 Å². The summed E-state index contributed by atoms with van der Waals surface area (Å²) in [4.78, 5) is 22.1. The molecule has 7 heteroatoms. The number of aryl methyl sites for hydroxylation is 1. The maximum absolute atomic E-state index is 11.7. The van der Waals surface area contributed by atoms with Crippen molar-refractivity contribution in [2.24, 2.45) is 0 Å². The number of nitrogens with one attached hydrogen (secondary N) is 1. The smallest absolute Gasteiger partial charge is 0.313 e. The summed E-state index contributed by atoms with van der Waals surface area (Å²) in [5.74, 6) is -1.08. The average molecular weight is 285 g/mol. The number of carboxylic acid groups (broad SMARTS) is 1. The molecule has 0 saturated heterocycles. The second-order valence-corrected chi connectivity index (χ2v) is 5.50. The van der Waals surface area contributed by atoms with Crippen molar-refractivity contribution in [1.29, 1.82) is 0 Å². The molecule has 1 aromatic rings. The van der Waals surface area contributed by atoms with Crippen LogP contribution in [0.25, 0.3) is 0 Å². The Bertz CT molecular complexity index is 483. The highest BCUT2D eigenvalue weighted by molar-refractivity contribution is 8.00. The maximum Gasteiger partial charge on any atom is 0.313 e. The SMILES string of the molecule is Cc1nn(C(C)C)c(C)c1NC(=O)CSCC(=O)O. The number of carbonyl (C=O) groups is 2. The molecule has 0 atom stereocenters. The molecule has 6 nitrogen and oxygen atoms in total. The van der Waals surface area contributed by atoms with Crippen LogP contribution in [0.1, 0.15) is 31.3 Å². The molecule has 0 radical (unpaired) electrons. The number of hydrogen-bond acceptors (Lipinski definition) is 4. The first-order valence-corrected chi connectivity index (χ1v) is 7.13. The van der Waals surface area contributed by atoms with Crippen LogP contribution >= 0.6 is 11.8 Å². The maximum atomic E-state index is 11.7. The van der Waals surface area contributed by atoms with E-state index in [4.69, 9.17) is 5.11 Å². The van der Waals surface area contributed by atoms with Crippen molar-refractivity contribution < 1.29 is 14.7 Å². The highest BCUT2D eigenvalue weighted by atomic mass is 32.2. The van der Waals surface area contributed by atoms with E-state index in [-0.39, 0.29) is 23.5 Å². The van der Waals surface area contributed by atoms with Crippen LogP contribution in [0.2, 0.25) is 0 Å². The first-order valence-electron chi connectivity index (χ1n) is 5.98. The lowest BCUT2D eigenvalue weighted by molar-refractivity contribution is -0.133. The quantitative estimate of drug-likeness (QED) is 0.833. The van der Waals surface area contributed by atoms with Gasteiger partial charge in [-0.05, 0) is 27.7 Å². The lowest BCUT2D eigenvalue weighted by Crippen LogP contribution is -2.16. The van der Waals surface area contributed by atoms with Crippen LogP contribution in [0.5, 0.6) is 0 Å². The van der Waals surface area contributed by atoms with Crippen molar-refractivity contribution in [2.45, 2.75) is 33.7 Å². The van der Waals surface area contributed by atoms with Crippen molar-refractivity contribution in [3.8, 4) is 0 Å².